The number of thioether (sulfide) groups is 1. The van der Waals surface area contributed by atoms with Crippen molar-refractivity contribution in [2.45, 2.75) is 45.6 Å². The van der Waals surface area contributed by atoms with Gasteiger partial charge in [-0.1, -0.05) is 26.7 Å². The Balaban J connectivity index is 0.000000206. The third-order valence-corrected chi connectivity index (χ3v) is 3.23. The molecule has 0 bridgehead atoms. The molecule has 0 unspecified atom stereocenters. The number of hydrogen-bond donors (Lipinski definition) is 2. The minimum atomic E-state index is 0.546. The highest BCUT2D eigenvalue weighted by Crippen LogP contribution is 2.14. The summed E-state index contributed by atoms with van der Waals surface area (Å²) in [6.07, 6.45) is 5.25. The van der Waals surface area contributed by atoms with Crippen molar-refractivity contribution in [1.29, 1.82) is 0 Å². The summed E-state index contributed by atoms with van der Waals surface area (Å²) in [7, 11) is 0. The Morgan fingerprint density at radius 2 is 1.57 bits per heavy atom. The van der Waals surface area contributed by atoms with Crippen LogP contribution in [0.25, 0.3) is 0 Å². The third-order valence-electron chi connectivity index (χ3n) is 2.25. The number of rotatable bonds is 0. The molecule has 0 aromatic heterocycles. The van der Waals surface area contributed by atoms with Gasteiger partial charge in [-0.05, 0) is 12.8 Å². The van der Waals surface area contributed by atoms with Crippen molar-refractivity contribution < 1.29 is 0 Å². The number of hydrogen-bond acceptors (Lipinski definition) is 3. The fraction of sp³-hybridized carbons (Fsp3) is 1.00. The molecule has 0 atom stereocenters. The smallest absolute Gasteiger partial charge is 0.00585 e. The van der Waals surface area contributed by atoms with E-state index in [-0.39, 0.29) is 0 Å². The summed E-state index contributed by atoms with van der Waals surface area (Å²) in [4.78, 5) is 0. The summed E-state index contributed by atoms with van der Waals surface area (Å²) in [6.45, 7) is 6.43. The van der Waals surface area contributed by atoms with E-state index in [0.29, 0.717) is 6.04 Å². The Kier molecular flexibility index (Phi) is 11.6. The van der Waals surface area contributed by atoms with Crippen LogP contribution >= 0.6 is 11.8 Å². The van der Waals surface area contributed by atoms with E-state index in [9.17, 15) is 0 Å². The lowest BCUT2D eigenvalue weighted by molar-refractivity contribution is 0.704. The van der Waals surface area contributed by atoms with Crippen molar-refractivity contribution in [2.75, 3.05) is 24.6 Å². The molecule has 86 valence electrons. The van der Waals surface area contributed by atoms with E-state index in [0.717, 1.165) is 0 Å². The van der Waals surface area contributed by atoms with Crippen LogP contribution in [0.15, 0.2) is 0 Å². The van der Waals surface area contributed by atoms with Gasteiger partial charge in [-0.3, -0.25) is 0 Å². The first kappa shape index (κ1) is 14.3. The molecular weight excluding hydrogens is 192 g/mol. The van der Waals surface area contributed by atoms with Gasteiger partial charge in [0.05, 0.1) is 0 Å². The van der Waals surface area contributed by atoms with Gasteiger partial charge in [0.15, 0.2) is 0 Å². The van der Waals surface area contributed by atoms with Crippen LogP contribution in [-0.2, 0) is 0 Å². The first-order valence-corrected chi connectivity index (χ1v) is 7.09. The Bertz CT molecular complexity index is 88.0. The second kappa shape index (κ2) is 11.3. The molecule has 2 fully saturated rings. The highest BCUT2D eigenvalue weighted by Gasteiger charge is 2.07. The molecule has 3 N–H and O–H groups in total. The highest BCUT2D eigenvalue weighted by atomic mass is 32.2. The van der Waals surface area contributed by atoms with Crippen molar-refractivity contribution in [1.82, 2.24) is 5.32 Å². The minimum Gasteiger partial charge on any atom is -0.328 e. The summed E-state index contributed by atoms with van der Waals surface area (Å²) in [6, 6.07) is 0.546. The van der Waals surface area contributed by atoms with E-state index in [1.54, 1.807) is 0 Å². The predicted molar refractivity (Wildman–Crippen MR) is 68.0 cm³/mol. The molecule has 0 aromatic rings. The topological polar surface area (TPSA) is 38.0 Å². The lowest BCUT2D eigenvalue weighted by Crippen LogP contribution is -2.24. The summed E-state index contributed by atoms with van der Waals surface area (Å²) in [5.74, 6) is 2.61. The van der Waals surface area contributed by atoms with Gasteiger partial charge in [0.2, 0.25) is 0 Å². The normalized spacial score (nSPS) is 21.6. The summed E-state index contributed by atoms with van der Waals surface area (Å²) >= 11 is 2.03. The van der Waals surface area contributed by atoms with E-state index in [2.05, 4.69) is 5.32 Å². The lowest BCUT2D eigenvalue weighted by Gasteiger charge is -2.08. The average molecular weight is 218 g/mol. The van der Waals surface area contributed by atoms with Gasteiger partial charge in [-0.15, -0.1) is 0 Å². The second-order valence-electron chi connectivity index (χ2n) is 3.41. The maximum absolute atomic E-state index is 5.53. The minimum absolute atomic E-state index is 0.546. The fourth-order valence-corrected chi connectivity index (χ4v) is 2.25. The van der Waals surface area contributed by atoms with Crippen LogP contribution in [0.1, 0.15) is 39.5 Å². The van der Waals surface area contributed by atoms with Crippen molar-refractivity contribution >= 4 is 11.8 Å². The van der Waals surface area contributed by atoms with Crippen molar-refractivity contribution in [3.8, 4) is 0 Å². The molecule has 1 aliphatic heterocycles. The zero-order valence-corrected chi connectivity index (χ0v) is 10.5. The zero-order valence-electron chi connectivity index (χ0n) is 9.72. The Morgan fingerprint density at radius 3 is 1.71 bits per heavy atom. The van der Waals surface area contributed by atoms with Crippen molar-refractivity contribution in [3.05, 3.63) is 0 Å². The molecule has 1 heterocycles. The monoisotopic (exact) mass is 218 g/mol. The molecule has 0 amide bonds. The van der Waals surface area contributed by atoms with Gasteiger partial charge in [-0.2, -0.15) is 11.8 Å². The van der Waals surface area contributed by atoms with E-state index in [1.807, 2.05) is 25.6 Å². The number of nitrogens with two attached hydrogens (primary N) is 1. The van der Waals surface area contributed by atoms with Gasteiger partial charge in [0.25, 0.3) is 0 Å². The molecule has 2 aliphatic rings. The van der Waals surface area contributed by atoms with Gasteiger partial charge in [0.1, 0.15) is 0 Å². The van der Waals surface area contributed by atoms with Gasteiger partial charge in [-0.25, -0.2) is 0 Å². The predicted octanol–water partition coefficient (Wildman–Crippen LogP) is 2.24. The summed E-state index contributed by atoms with van der Waals surface area (Å²) in [5.41, 5.74) is 5.53. The van der Waals surface area contributed by atoms with E-state index < -0.39 is 0 Å². The first-order valence-electron chi connectivity index (χ1n) is 5.93. The molecule has 0 spiro atoms. The highest BCUT2D eigenvalue weighted by molar-refractivity contribution is 7.99. The van der Waals surface area contributed by atoms with E-state index in [4.69, 9.17) is 5.73 Å². The fourth-order valence-electron chi connectivity index (χ4n) is 1.47. The quantitative estimate of drug-likeness (QED) is 0.655. The molecule has 2 rings (SSSR count). The molecule has 1 saturated carbocycles. The first-order chi connectivity index (χ1) is 6.89. The van der Waals surface area contributed by atoms with Crippen LogP contribution in [0.2, 0.25) is 0 Å². The van der Waals surface area contributed by atoms with Crippen LogP contribution < -0.4 is 11.1 Å². The zero-order chi connectivity index (χ0) is 10.6. The van der Waals surface area contributed by atoms with Gasteiger partial charge < -0.3 is 11.1 Å². The molecule has 0 aromatic carbocycles. The molecule has 0 radical (unpaired) electrons. The van der Waals surface area contributed by atoms with Gasteiger partial charge in [0, 0.05) is 30.6 Å². The Labute approximate surface area is 93.4 Å². The molecule has 2 nitrogen and oxygen atoms in total. The molecule has 3 heteroatoms. The summed E-state index contributed by atoms with van der Waals surface area (Å²) in [5, 5.41) is 3.26. The van der Waals surface area contributed by atoms with Crippen LogP contribution in [-0.4, -0.2) is 30.6 Å². The van der Waals surface area contributed by atoms with Crippen molar-refractivity contribution in [2.24, 2.45) is 5.73 Å². The van der Waals surface area contributed by atoms with Crippen LogP contribution in [0.4, 0.5) is 0 Å². The van der Waals surface area contributed by atoms with Crippen LogP contribution in [0, 0.1) is 0 Å². The van der Waals surface area contributed by atoms with Gasteiger partial charge >= 0.3 is 0 Å². The standard InChI is InChI=1S/C5H11N.C4H9NS.C2H6/c6-5-3-1-2-4-5;1-3-6-4-2-5-1;1-2/h5H,1-4,6H2;5H,1-4H2;1-2H3. The van der Waals surface area contributed by atoms with Crippen LogP contribution in [0.3, 0.4) is 0 Å². The summed E-state index contributed by atoms with van der Waals surface area (Å²) < 4.78 is 0. The molecule has 1 aliphatic carbocycles. The van der Waals surface area contributed by atoms with Crippen molar-refractivity contribution in [3.63, 3.8) is 0 Å². The third kappa shape index (κ3) is 8.85. The molecule has 14 heavy (non-hydrogen) atoms. The largest absolute Gasteiger partial charge is 0.328 e. The van der Waals surface area contributed by atoms with E-state index >= 15 is 0 Å². The maximum atomic E-state index is 5.53. The molecule has 1 saturated heterocycles. The lowest BCUT2D eigenvalue weighted by atomic mass is 10.3. The number of nitrogens with one attached hydrogen (secondary N) is 1. The second-order valence-corrected chi connectivity index (χ2v) is 4.63. The average Bonchev–Trinajstić information content (AvgIpc) is 2.76. The van der Waals surface area contributed by atoms with E-state index in [1.165, 1.54) is 50.3 Å². The Morgan fingerprint density at radius 1 is 1.07 bits per heavy atom. The molecular formula is C11H26N2S. The van der Waals surface area contributed by atoms with Crippen LogP contribution in [0.5, 0.6) is 0 Å². The SMILES string of the molecule is C1CSCCN1.CC.NC1CCCC1. The Hall–Kier alpha value is 0.270. The maximum Gasteiger partial charge on any atom is 0.00585 e.